The normalized spacial score (nSPS) is 20.1. The first kappa shape index (κ1) is 28.2. The molecule has 0 fully saturated rings. The number of hydrogen-bond acceptors (Lipinski definition) is 0. The second-order valence-electron chi connectivity index (χ2n) is 12.4. The summed E-state index contributed by atoms with van der Waals surface area (Å²) in [5.41, 5.74) is 13.1. The predicted octanol–water partition coefficient (Wildman–Crippen LogP) is 11.1. The molecule has 2 atom stereocenters. The van der Waals surface area contributed by atoms with Gasteiger partial charge in [0.1, 0.15) is 0 Å². The van der Waals surface area contributed by atoms with Crippen LogP contribution in [0.15, 0.2) is 108 Å². The third-order valence-corrected chi connectivity index (χ3v) is 65.5. The van der Waals surface area contributed by atoms with Crippen molar-refractivity contribution in [3.05, 3.63) is 130 Å². The molecule has 0 spiro atoms. The van der Waals surface area contributed by atoms with Gasteiger partial charge in [-0.15, -0.1) is 0 Å². The van der Waals surface area contributed by atoms with Gasteiger partial charge in [-0.2, -0.15) is 0 Å². The van der Waals surface area contributed by atoms with Gasteiger partial charge in [-0.1, -0.05) is 0 Å². The molecule has 6 rings (SSSR count). The van der Waals surface area contributed by atoms with Crippen LogP contribution < -0.4 is 0 Å². The Kier molecular flexibility index (Phi) is 6.91. The van der Waals surface area contributed by atoms with Gasteiger partial charge in [0.2, 0.25) is 0 Å². The van der Waals surface area contributed by atoms with E-state index in [2.05, 4.69) is 137 Å². The van der Waals surface area contributed by atoms with E-state index in [1.54, 1.807) is 0 Å². The second kappa shape index (κ2) is 9.81. The monoisotopic (exact) mass is 658 g/mol. The van der Waals surface area contributed by atoms with E-state index >= 15 is 0 Å². The third-order valence-electron chi connectivity index (χ3n) is 10.1. The fourth-order valence-corrected chi connectivity index (χ4v) is 53.5. The minimum atomic E-state index is -5.24. The first-order valence-electron chi connectivity index (χ1n) is 14.7. The summed E-state index contributed by atoms with van der Waals surface area (Å²) in [6.45, 7) is 8.42. The molecule has 40 heavy (non-hydrogen) atoms. The van der Waals surface area contributed by atoms with Crippen LogP contribution in [0, 0.1) is 0 Å². The quantitative estimate of drug-likeness (QED) is 0.173. The average molecular weight is 661 g/mol. The summed E-state index contributed by atoms with van der Waals surface area (Å²) in [4.78, 5) is 0. The van der Waals surface area contributed by atoms with Crippen molar-refractivity contribution in [1.29, 1.82) is 0 Å². The summed E-state index contributed by atoms with van der Waals surface area (Å²) < 4.78 is 1.13. The van der Waals surface area contributed by atoms with Crippen molar-refractivity contribution in [2.45, 2.75) is 45.1 Å². The average Bonchev–Trinajstić information content (AvgIpc) is 3.51. The first-order valence-corrected chi connectivity index (χ1v) is 32.9. The van der Waals surface area contributed by atoms with Crippen LogP contribution in [0.1, 0.15) is 56.7 Å². The van der Waals surface area contributed by atoms with E-state index in [0.717, 1.165) is 10.5 Å². The number of allylic oxidation sites excluding steroid dienone is 2. The molecule has 0 saturated carbocycles. The van der Waals surface area contributed by atoms with Crippen molar-refractivity contribution in [3.8, 4) is 22.3 Å². The predicted molar refractivity (Wildman–Crippen MR) is 178 cm³/mol. The Morgan fingerprint density at radius 3 is 1.43 bits per heavy atom. The van der Waals surface area contributed by atoms with Gasteiger partial charge in [0.25, 0.3) is 0 Å². The van der Waals surface area contributed by atoms with Crippen molar-refractivity contribution in [1.82, 2.24) is 0 Å². The maximum absolute atomic E-state index is 8.74. The SMILES string of the molecule is CC[CH2][Zr]([Cl])([Cl])([SiH2]C)([CH]1C(C)=Cc2c(-c3ccccc3)cccc21)[CH]1C(C)=Cc2c(-c3ccccc3)cccc21. The molecule has 2 aliphatic rings. The van der Waals surface area contributed by atoms with E-state index in [4.69, 9.17) is 17.0 Å². The Morgan fingerprint density at radius 1 is 0.625 bits per heavy atom. The van der Waals surface area contributed by atoms with Gasteiger partial charge in [-0.3, -0.25) is 0 Å². The van der Waals surface area contributed by atoms with E-state index in [1.165, 1.54) is 55.7 Å². The summed E-state index contributed by atoms with van der Waals surface area (Å²) in [5.74, 6) is 0. The van der Waals surface area contributed by atoms with Gasteiger partial charge < -0.3 is 0 Å². The maximum atomic E-state index is 8.74. The standard InChI is InChI=1S/2C16H13.C3H7.CH5Si.2ClH.Zr/c2*1-12-10-14-8-5-9-15(16(14)11-12)13-6-3-2-4-7-13;1-3-2;1-2;;;/h2*2-11H,1H3;1,3H2,2H3;2H2,1H3;2*1H;/q;;;;;;+2/p-2. The summed E-state index contributed by atoms with van der Waals surface area (Å²) in [6.07, 6.45) is 5.82. The van der Waals surface area contributed by atoms with Crippen LogP contribution in [0.5, 0.6) is 0 Å². The van der Waals surface area contributed by atoms with Crippen molar-refractivity contribution < 1.29 is 14.1 Å². The molecule has 0 radical (unpaired) electrons. The van der Waals surface area contributed by atoms with Crippen molar-refractivity contribution in [2.24, 2.45) is 0 Å². The summed E-state index contributed by atoms with van der Waals surface area (Å²) in [6, 6.07) is 35.1. The molecule has 0 nitrogen and oxygen atoms in total. The molecule has 2 unspecified atom stereocenters. The van der Waals surface area contributed by atoms with Crippen LogP contribution in [-0.2, 0) is 14.1 Å². The van der Waals surface area contributed by atoms with Crippen molar-refractivity contribution in [2.75, 3.05) is 0 Å². The molecular formula is C36H38Cl2SiZr. The molecule has 0 bridgehead atoms. The van der Waals surface area contributed by atoms with Crippen LogP contribution in [-0.4, -0.2) is 6.65 Å². The molecule has 4 heteroatoms. The molecule has 0 aromatic heterocycles. The fraction of sp³-hybridized carbons (Fsp3) is 0.222. The van der Waals surface area contributed by atoms with Gasteiger partial charge in [0.15, 0.2) is 0 Å². The molecule has 2 aliphatic carbocycles. The summed E-state index contributed by atoms with van der Waals surface area (Å²) >= 11 is -5.24. The molecule has 204 valence electrons. The van der Waals surface area contributed by atoms with E-state index < -0.39 is 20.7 Å². The Hall–Kier alpha value is -1.96. The van der Waals surface area contributed by atoms with Crippen LogP contribution in [0.3, 0.4) is 0 Å². The van der Waals surface area contributed by atoms with Gasteiger partial charge >= 0.3 is 248 Å². The molecular weight excluding hydrogens is 623 g/mol. The second-order valence-corrected chi connectivity index (χ2v) is 65.7. The summed E-state index contributed by atoms with van der Waals surface area (Å²) in [7, 11) is 17.5. The molecule has 4 aromatic rings. The summed E-state index contributed by atoms with van der Waals surface area (Å²) in [5, 5.41) is 0. The molecule has 0 heterocycles. The molecule has 0 N–H and O–H groups in total. The number of hydrogen-bond donors (Lipinski definition) is 0. The van der Waals surface area contributed by atoms with Gasteiger partial charge in [-0.25, -0.2) is 0 Å². The van der Waals surface area contributed by atoms with Crippen LogP contribution in [0.4, 0.5) is 0 Å². The van der Waals surface area contributed by atoms with E-state index in [-0.39, 0.29) is 7.25 Å². The number of rotatable bonds is 7. The third kappa shape index (κ3) is 4.01. The van der Waals surface area contributed by atoms with E-state index in [0.29, 0.717) is 0 Å². The van der Waals surface area contributed by atoms with Crippen molar-refractivity contribution in [3.63, 3.8) is 0 Å². The van der Waals surface area contributed by atoms with Gasteiger partial charge in [0, 0.05) is 0 Å². The zero-order chi connectivity index (χ0) is 28.2. The van der Waals surface area contributed by atoms with Crippen LogP contribution in [0.2, 0.25) is 10.7 Å². The van der Waals surface area contributed by atoms with Gasteiger partial charge in [-0.05, 0) is 0 Å². The topological polar surface area (TPSA) is 0 Å². The minimum absolute atomic E-state index is 0.0968. The molecule has 4 aromatic carbocycles. The Morgan fingerprint density at radius 2 is 1.05 bits per heavy atom. The number of benzene rings is 4. The zero-order valence-electron chi connectivity index (χ0n) is 23.9. The number of fused-ring (bicyclic) bond motifs is 2. The Labute approximate surface area is 245 Å². The van der Waals surface area contributed by atoms with E-state index in [1.807, 2.05) is 0 Å². The van der Waals surface area contributed by atoms with Crippen LogP contribution >= 0.6 is 17.0 Å². The molecule has 0 amide bonds. The van der Waals surface area contributed by atoms with Crippen LogP contribution in [0.25, 0.3) is 34.4 Å². The fourth-order valence-electron chi connectivity index (χ4n) is 8.64. The molecule has 0 saturated heterocycles. The van der Waals surface area contributed by atoms with Crippen molar-refractivity contribution >= 4 is 35.8 Å². The van der Waals surface area contributed by atoms with Gasteiger partial charge in [0.05, 0.1) is 0 Å². The van der Waals surface area contributed by atoms with E-state index in [9.17, 15) is 0 Å². The Balaban J connectivity index is 1.62. The number of halogens is 2. The molecule has 0 aliphatic heterocycles. The Bertz CT molecular complexity index is 1570. The zero-order valence-corrected chi connectivity index (χ0v) is 29.3. The first-order chi connectivity index (χ1) is 19.2.